The molecule has 1 aliphatic heterocycles. The Labute approximate surface area is 173 Å². The van der Waals surface area contributed by atoms with Crippen LogP contribution in [0.15, 0.2) is 42.5 Å². The van der Waals surface area contributed by atoms with Crippen molar-refractivity contribution in [2.24, 2.45) is 0 Å². The second-order valence-electron chi connectivity index (χ2n) is 6.94. The second kappa shape index (κ2) is 9.19. The number of benzene rings is 2. The summed E-state index contributed by atoms with van der Waals surface area (Å²) in [5.41, 5.74) is 1.04. The molecule has 1 fully saturated rings. The summed E-state index contributed by atoms with van der Waals surface area (Å²) in [4.78, 5) is 27.4. The van der Waals surface area contributed by atoms with Crippen molar-refractivity contribution in [1.82, 2.24) is 4.90 Å². The first-order valence-electron chi connectivity index (χ1n) is 9.34. The minimum absolute atomic E-state index is 0.137. The van der Waals surface area contributed by atoms with Crippen LogP contribution in [-0.4, -0.2) is 48.0 Å². The van der Waals surface area contributed by atoms with Gasteiger partial charge in [-0.2, -0.15) is 0 Å². The number of nitro benzene ring substituents is 1. The van der Waals surface area contributed by atoms with Crippen LogP contribution >= 0.6 is 11.6 Å². The molecule has 2 aromatic carbocycles. The lowest BCUT2D eigenvalue weighted by molar-refractivity contribution is -0.384. The molecule has 0 saturated carbocycles. The summed E-state index contributed by atoms with van der Waals surface area (Å²) in [5, 5.41) is 13.9. The van der Waals surface area contributed by atoms with Crippen molar-refractivity contribution in [3.8, 4) is 0 Å². The Balaban J connectivity index is 1.63. The van der Waals surface area contributed by atoms with Gasteiger partial charge in [0.1, 0.15) is 5.82 Å². The van der Waals surface area contributed by atoms with Crippen molar-refractivity contribution in [2.45, 2.75) is 19.4 Å². The van der Waals surface area contributed by atoms with Gasteiger partial charge in [-0.1, -0.05) is 11.6 Å². The summed E-state index contributed by atoms with van der Waals surface area (Å²) in [6, 6.07) is 9.90. The van der Waals surface area contributed by atoms with Gasteiger partial charge in [0.05, 0.1) is 21.7 Å². The van der Waals surface area contributed by atoms with E-state index in [4.69, 9.17) is 11.6 Å². The molecule has 0 spiro atoms. The van der Waals surface area contributed by atoms with Crippen LogP contribution in [0.4, 0.5) is 21.5 Å². The summed E-state index contributed by atoms with van der Waals surface area (Å²) < 4.78 is 13.1. The highest BCUT2D eigenvalue weighted by Crippen LogP contribution is 2.27. The van der Waals surface area contributed by atoms with E-state index in [1.807, 2.05) is 0 Å². The summed E-state index contributed by atoms with van der Waals surface area (Å²) in [5.74, 6) is -0.544. The van der Waals surface area contributed by atoms with Gasteiger partial charge in [-0.05, 0) is 43.7 Å². The van der Waals surface area contributed by atoms with Crippen LogP contribution < -0.4 is 10.2 Å². The quantitative estimate of drug-likeness (QED) is 0.585. The number of anilines is 2. The fourth-order valence-electron chi connectivity index (χ4n) is 3.36. The molecule has 29 heavy (non-hydrogen) atoms. The summed E-state index contributed by atoms with van der Waals surface area (Å²) in [6.45, 7) is 4.71. The van der Waals surface area contributed by atoms with E-state index in [-0.39, 0.29) is 28.1 Å². The van der Waals surface area contributed by atoms with E-state index in [0.717, 1.165) is 25.2 Å². The summed E-state index contributed by atoms with van der Waals surface area (Å²) in [7, 11) is 0. The van der Waals surface area contributed by atoms with Gasteiger partial charge in [0.15, 0.2) is 0 Å². The van der Waals surface area contributed by atoms with Crippen molar-refractivity contribution in [1.29, 1.82) is 0 Å². The molecule has 1 atom stereocenters. The fourth-order valence-corrected chi connectivity index (χ4v) is 3.53. The molecule has 0 radical (unpaired) electrons. The van der Waals surface area contributed by atoms with Crippen LogP contribution in [0, 0.1) is 15.9 Å². The molecule has 0 aromatic heterocycles. The van der Waals surface area contributed by atoms with E-state index in [0.29, 0.717) is 13.1 Å². The number of nitrogens with zero attached hydrogens (tertiary/aromatic N) is 3. The molecule has 3 rings (SSSR count). The van der Waals surface area contributed by atoms with Crippen molar-refractivity contribution >= 4 is 34.6 Å². The number of hydrogen-bond donors (Lipinski definition) is 1. The molecule has 1 saturated heterocycles. The number of nitrogens with one attached hydrogen (secondary N) is 1. The molecular weight excluding hydrogens is 399 g/mol. The van der Waals surface area contributed by atoms with Crippen molar-refractivity contribution in [2.75, 3.05) is 36.4 Å². The third-order valence-corrected chi connectivity index (χ3v) is 5.40. The Morgan fingerprint density at radius 3 is 2.59 bits per heavy atom. The third kappa shape index (κ3) is 5.21. The van der Waals surface area contributed by atoms with Crippen LogP contribution in [-0.2, 0) is 4.79 Å². The average molecular weight is 421 g/mol. The predicted molar refractivity (Wildman–Crippen MR) is 111 cm³/mol. The topological polar surface area (TPSA) is 78.7 Å². The monoisotopic (exact) mass is 420 g/mol. The molecule has 0 aliphatic carbocycles. The zero-order valence-electron chi connectivity index (χ0n) is 16.0. The van der Waals surface area contributed by atoms with Crippen LogP contribution in [0.5, 0.6) is 0 Å². The highest BCUT2D eigenvalue weighted by molar-refractivity contribution is 6.33. The standard InChI is InChI=1S/C20H22ClFN4O3/c1-14(20(27)23-19-13-17(26(28)29)7-8-18(19)21)24-9-2-10-25(12-11-24)16-5-3-15(22)4-6-16/h3-8,13-14H,2,9-12H2,1H3,(H,23,27). The molecule has 1 heterocycles. The fraction of sp³-hybridized carbons (Fsp3) is 0.350. The largest absolute Gasteiger partial charge is 0.370 e. The normalized spacial score (nSPS) is 16.2. The maximum atomic E-state index is 13.1. The van der Waals surface area contributed by atoms with Gasteiger partial charge in [-0.25, -0.2) is 4.39 Å². The zero-order valence-corrected chi connectivity index (χ0v) is 16.7. The van der Waals surface area contributed by atoms with E-state index >= 15 is 0 Å². The van der Waals surface area contributed by atoms with Crippen molar-refractivity contribution in [3.05, 3.63) is 63.4 Å². The Bertz CT molecular complexity index is 894. The minimum atomic E-state index is -0.533. The van der Waals surface area contributed by atoms with Gasteiger partial charge in [-0.15, -0.1) is 0 Å². The number of hydrogen-bond acceptors (Lipinski definition) is 5. The molecule has 7 nitrogen and oxygen atoms in total. The lowest BCUT2D eigenvalue weighted by Crippen LogP contribution is -2.44. The lowest BCUT2D eigenvalue weighted by Gasteiger charge is -2.27. The Kier molecular flexibility index (Phi) is 6.66. The molecule has 154 valence electrons. The van der Waals surface area contributed by atoms with Crippen molar-refractivity contribution < 1.29 is 14.1 Å². The number of non-ortho nitro benzene ring substituents is 1. The molecule has 2 aromatic rings. The Morgan fingerprint density at radius 1 is 1.17 bits per heavy atom. The summed E-state index contributed by atoms with van der Waals surface area (Å²) >= 11 is 6.08. The highest BCUT2D eigenvalue weighted by Gasteiger charge is 2.25. The number of carbonyl (C=O) groups is 1. The molecule has 0 bridgehead atoms. The molecule has 1 unspecified atom stereocenters. The summed E-state index contributed by atoms with van der Waals surface area (Å²) in [6.07, 6.45) is 0.854. The maximum Gasteiger partial charge on any atom is 0.271 e. The van der Waals surface area contributed by atoms with Crippen LogP contribution in [0.3, 0.4) is 0 Å². The van der Waals surface area contributed by atoms with E-state index in [2.05, 4.69) is 15.1 Å². The van der Waals surface area contributed by atoms with E-state index < -0.39 is 11.0 Å². The first-order valence-corrected chi connectivity index (χ1v) is 9.72. The van der Waals surface area contributed by atoms with Crippen LogP contribution in [0.25, 0.3) is 0 Å². The zero-order chi connectivity index (χ0) is 21.0. The number of rotatable bonds is 5. The van der Waals surface area contributed by atoms with E-state index in [1.165, 1.54) is 30.3 Å². The SMILES string of the molecule is CC(C(=O)Nc1cc([N+](=O)[O-])ccc1Cl)N1CCCN(c2ccc(F)cc2)CC1. The number of amides is 1. The predicted octanol–water partition coefficient (Wildman–Crippen LogP) is 3.93. The highest BCUT2D eigenvalue weighted by atomic mass is 35.5. The second-order valence-corrected chi connectivity index (χ2v) is 7.35. The van der Waals surface area contributed by atoms with E-state index in [9.17, 15) is 19.3 Å². The van der Waals surface area contributed by atoms with Gasteiger partial charge in [0, 0.05) is 44.0 Å². The van der Waals surface area contributed by atoms with E-state index in [1.54, 1.807) is 19.1 Å². The first kappa shape index (κ1) is 21.0. The molecule has 9 heteroatoms. The van der Waals surface area contributed by atoms with Gasteiger partial charge >= 0.3 is 0 Å². The molecule has 1 N–H and O–H groups in total. The maximum absolute atomic E-state index is 13.1. The lowest BCUT2D eigenvalue weighted by atomic mass is 10.2. The molecular formula is C20H22ClFN4O3. The first-order chi connectivity index (χ1) is 13.8. The van der Waals surface area contributed by atoms with Crippen molar-refractivity contribution in [3.63, 3.8) is 0 Å². The molecule has 1 aliphatic rings. The number of carbonyl (C=O) groups excluding carboxylic acids is 1. The number of nitro groups is 1. The molecule has 1 amide bonds. The van der Waals surface area contributed by atoms with Gasteiger partial charge in [-0.3, -0.25) is 19.8 Å². The van der Waals surface area contributed by atoms with Gasteiger partial charge < -0.3 is 10.2 Å². The Morgan fingerprint density at radius 2 is 1.90 bits per heavy atom. The third-order valence-electron chi connectivity index (χ3n) is 5.07. The Hall–Kier alpha value is -2.71. The van der Waals surface area contributed by atoms with Crippen LogP contribution in [0.1, 0.15) is 13.3 Å². The van der Waals surface area contributed by atoms with Gasteiger partial charge in [0.25, 0.3) is 5.69 Å². The number of halogens is 2. The minimum Gasteiger partial charge on any atom is -0.370 e. The van der Waals surface area contributed by atoms with Gasteiger partial charge in [0.2, 0.25) is 5.91 Å². The van der Waals surface area contributed by atoms with Crippen LogP contribution in [0.2, 0.25) is 5.02 Å². The smallest absolute Gasteiger partial charge is 0.271 e. The average Bonchev–Trinajstić information content (AvgIpc) is 2.95.